The van der Waals surface area contributed by atoms with Gasteiger partial charge in [0.1, 0.15) is 12.0 Å². The fraction of sp³-hybridized carbons (Fsp3) is 0.207. The number of amides is 1. The Kier molecular flexibility index (Phi) is 6.26. The lowest BCUT2D eigenvalue weighted by Crippen LogP contribution is -2.51. The van der Waals surface area contributed by atoms with Gasteiger partial charge in [0.25, 0.3) is 5.91 Å². The highest BCUT2D eigenvalue weighted by molar-refractivity contribution is 7.16. The predicted octanol–water partition coefficient (Wildman–Crippen LogP) is 6.79. The lowest BCUT2D eigenvalue weighted by molar-refractivity contribution is 0.0400. The van der Waals surface area contributed by atoms with Crippen LogP contribution in [0.2, 0.25) is 0 Å². The van der Waals surface area contributed by atoms with Crippen LogP contribution in [0.1, 0.15) is 26.4 Å². The second kappa shape index (κ2) is 9.36. The highest BCUT2D eigenvalue weighted by Gasteiger charge is 2.30. The molecule has 5 rings (SSSR count). The van der Waals surface area contributed by atoms with Crippen molar-refractivity contribution < 1.29 is 18.7 Å². The Bertz CT molecular complexity index is 1390. The van der Waals surface area contributed by atoms with E-state index in [2.05, 4.69) is 19.1 Å². The van der Waals surface area contributed by atoms with E-state index >= 15 is 0 Å². The summed E-state index contributed by atoms with van der Waals surface area (Å²) >= 11 is 1.58. The van der Waals surface area contributed by atoms with Crippen LogP contribution < -0.4 is 0 Å². The summed E-state index contributed by atoms with van der Waals surface area (Å²) in [6, 6.07) is 20.0. The predicted molar refractivity (Wildman–Crippen MR) is 137 cm³/mol. The van der Waals surface area contributed by atoms with Gasteiger partial charge in [0.15, 0.2) is 0 Å². The van der Waals surface area contributed by atoms with E-state index in [0.717, 1.165) is 48.7 Å². The second-order valence-electron chi connectivity index (χ2n) is 8.91. The Labute approximate surface area is 207 Å². The molecule has 1 saturated heterocycles. The van der Waals surface area contributed by atoms with Crippen molar-refractivity contribution in [2.24, 2.45) is 0 Å². The molecule has 1 amide bonds. The molecule has 1 aliphatic heterocycles. The van der Waals surface area contributed by atoms with Crippen LogP contribution in [0.3, 0.4) is 0 Å². The molecule has 1 N–H and O–H groups in total. The molecule has 3 nitrogen and oxygen atoms in total. The summed E-state index contributed by atoms with van der Waals surface area (Å²) in [6.07, 6.45) is -0.925. The second-order valence-corrected chi connectivity index (χ2v) is 10.0. The SMILES string of the molecule is Cc1c(CO)sc(-c2ccc(-c3ccc(C(=O)N4CC(F)C4)cc3)cc2-c2ccc(F)cc2)c1C. The summed E-state index contributed by atoms with van der Waals surface area (Å²) in [4.78, 5) is 16.0. The van der Waals surface area contributed by atoms with E-state index in [4.69, 9.17) is 0 Å². The van der Waals surface area contributed by atoms with E-state index in [-0.39, 0.29) is 31.4 Å². The number of benzene rings is 3. The van der Waals surface area contributed by atoms with E-state index in [9.17, 15) is 18.7 Å². The quantitative estimate of drug-likeness (QED) is 0.335. The number of hydrogen-bond donors (Lipinski definition) is 1. The molecule has 0 unspecified atom stereocenters. The molecule has 1 aromatic heterocycles. The standard InChI is InChI=1S/C29H25F2NO2S/c1-17-18(2)28(35-27(17)16-33)25-12-9-22(13-26(25)20-7-10-23(30)11-8-20)19-3-5-21(6-4-19)29(34)32-14-24(31)15-32/h3-13,24,33H,14-16H2,1-2H3. The first-order chi connectivity index (χ1) is 16.9. The van der Waals surface area contributed by atoms with Crippen LogP contribution in [-0.2, 0) is 6.61 Å². The number of hydrogen-bond acceptors (Lipinski definition) is 3. The van der Waals surface area contributed by atoms with Gasteiger partial charge < -0.3 is 10.0 Å². The molecule has 3 aromatic carbocycles. The van der Waals surface area contributed by atoms with Crippen molar-refractivity contribution in [3.05, 3.63) is 94.1 Å². The number of aliphatic hydroxyl groups excluding tert-OH is 1. The Morgan fingerprint density at radius 1 is 0.914 bits per heavy atom. The van der Waals surface area contributed by atoms with Gasteiger partial charge in [0.05, 0.1) is 19.7 Å². The summed E-state index contributed by atoms with van der Waals surface area (Å²) in [7, 11) is 0. The van der Waals surface area contributed by atoms with Crippen LogP contribution in [0, 0.1) is 19.7 Å². The molecule has 0 spiro atoms. The highest BCUT2D eigenvalue weighted by Crippen LogP contribution is 2.42. The minimum atomic E-state index is -0.925. The molecule has 35 heavy (non-hydrogen) atoms. The summed E-state index contributed by atoms with van der Waals surface area (Å²) in [6.45, 7) is 4.38. The number of aliphatic hydroxyl groups is 1. The number of nitrogens with zero attached hydrogens (tertiary/aromatic N) is 1. The number of thiophene rings is 1. The fourth-order valence-electron chi connectivity index (χ4n) is 4.43. The third kappa shape index (κ3) is 4.40. The molecule has 0 aliphatic carbocycles. The van der Waals surface area contributed by atoms with Gasteiger partial charge in [-0.25, -0.2) is 8.78 Å². The monoisotopic (exact) mass is 489 g/mol. The van der Waals surface area contributed by atoms with Crippen molar-refractivity contribution in [3.8, 4) is 32.7 Å². The van der Waals surface area contributed by atoms with Crippen LogP contribution in [-0.4, -0.2) is 35.2 Å². The zero-order valence-corrected chi connectivity index (χ0v) is 20.3. The first kappa shape index (κ1) is 23.4. The molecule has 0 bridgehead atoms. The van der Waals surface area contributed by atoms with E-state index in [1.807, 2.05) is 25.1 Å². The summed E-state index contributed by atoms with van der Waals surface area (Å²) in [5.74, 6) is -0.449. The van der Waals surface area contributed by atoms with Crippen LogP contribution in [0.15, 0.2) is 66.7 Å². The van der Waals surface area contributed by atoms with Gasteiger partial charge in [-0.2, -0.15) is 0 Å². The zero-order valence-electron chi connectivity index (χ0n) is 19.5. The minimum Gasteiger partial charge on any atom is -0.391 e. The molecule has 4 aromatic rings. The number of rotatable bonds is 5. The Hall–Kier alpha value is -3.35. The fourth-order valence-corrected chi connectivity index (χ4v) is 5.64. The molecule has 0 radical (unpaired) electrons. The highest BCUT2D eigenvalue weighted by atomic mass is 32.1. The summed E-state index contributed by atoms with van der Waals surface area (Å²) < 4.78 is 26.8. The van der Waals surface area contributed by atoms with Gasteiger partial charge in [-0.05, 0) is 83.1 Å². The van der Waals surface area contributed by atoms with Gasteiger partial charge in [0, 0.05) is 15.3 Å². The number of carbonyl (C=O) groups excluding carboxylic acids is 1. The number of alkyl halides is 1. The summed E-state index contributed by atoms with van der Waals surface area (Å²) in [5.41, 5.74) is 7.54. The van der Waals surface area contributed by atoms with E-state index < -0.39 is 6.17 Å². The van der Waals surface area contributed by atoms with Crippen LogP contribution in [0.25, 0.3) is 32.7 Å². The molecule has 0 saturated carbocycles. The Morgan fingerprint density at radius 3 is 2.14 bits per heavy atom. The zero-order chi connectivity index (χ0) is 24.7. The van der Waals surface area contributed by atoms with Gasteiger partial charge in [-0.15, -0.1) is 11.3 Å². The molecule has 6 heteroatoms. The maximum Gasteiger partial charge on any atom is 0.254 e. The first-order valence-corrected chi connectivity index (χ1v) is 12.3. The maximum atomic E-state index is 13.7. The largest absolute Gasteiger partial charge is 0.391 e. The van der Waals surface area contributed by atoms with Gasteiger partial charge in [-0.1, -0.05) is 36.4 Å². The van der Waals surface area contributed by atoms with E-state index in [1.54, 1.807) is 35.6 Å². The average molecular weight is 490 g/mol. The number of carbonyl (C=O) groups is 1. The molecule has 0 atom stereocenters. The number of halogens is 2. The van der Waals surface area contributed by atoms with E-state index in [0.29, 0.717) is 5.56 Å². The average Bonchev–Trinajstić information content (AvgIpc) is 3.15. The molecular weight excluding hydrogens is 464 g/mol. The van der Waals surface area contributed by atoms with Crippen molar-refractivity contribution in [1.82, 2.24) is 4.90 Å². The Morgan fingerprint density at radius 2 is 1.54 bits per heavy atom. The van der Waals surface area contributed by atoms with Crippen molar-refractivity contribution >= 4 is 17.2 Å². The lowest BCUT2D eigenvalue weighted by atomic mass is 9.92. The van der Waals surface area contributed by atoms with E-state index in [1.165, 1.54) is 17.0 Å². The van der Waals surface area contributed by atoms with Gasteiger partial charge in [0.2, 0.25) is 0 Å². The molecule has 1 fully saturated rings. The molecule has 1 aliphatic rings. The third-order valence-corrected chi connectivity index (χ3v) is 8.11. The molecular formula is C29H25F2NO2S. The first-order valence-electron chi connectivity index (χ1n) is 11.5. The van der Waals surface area contributed by atoms with Crippen molar-refractivity contribution in [2.75, 3.05) is 13.1 Å². The third-order valence-electron chi connectivity index (χ3n) is 6.70. The smallest absolute Gasteiger partial charge is 0.254 e. The number of likely N-dealkylation sites (tertiary alicyclic amines) is 1. The van der Waals surface area contributed by atoms with Gasteiger partial charge in [-0.3, -0.25) is 4.79 Å². The minimum absolute atomic E-state index is 0.00418. The van der Waals surface area contributed by atoms with Crippen LogP contribution >= 0.6 is 11.3 Å². The van der Waals surface area contributed by atoms with Gasteiger partial charge >= 0.3 is 0 Å². The van der Waals surface area contributed by atoms with Crippen LogP contribution in [0.4, 0.5) is 8.78 Å². The van der Waals surface area contributed by atoms with Crippen molar-refractivity contribution in [1.29, 1.82) is 0 Å². The topological polar surface area (TPSA) is 40.5 Å². The maximum absolute atomic E-state index is 13.7. The summed E-state index contributed by atoms with van der Waals surface area (Å²) in [5, 5.41) is 9.76. The molecule has 178 valence electrons. The van der Waals surface area contributed by atoms with Crippen molar-refractivity contribution in [2.45, 2.75) is 26.6 Å². The molecule has 2 heterocycles. The van der Waals surface area contributed by atoms with Crippen LogP contribution in [0.5, 0.6) is 0 Å². The lowest BCUT2D eigenvalue weighted by Gasteiger charge is -2.34. The Balaban J connectivity index is 1.55. The van der Waals surface area contributed by atoms with Crippen molar-refractivity contribution in [3.63, 3.8) is 0 Å². The normalized spacial score (nSPS) is 13.7.